The number of rotatable bonds is 3. The first-order valence-electron chi connectivity index (χ1n) is 3.66. The monoisotopic (exact) mass is 184 g/mol. The maximum Gasteiger partial charge on any atom is 0.209 e. The van der Waals surface area contributed by atoms with Crippen molar-refractivity contribution in [3.63, 3.8) is 0 Å². The van der Waals surface area contributed by atoms with Gasteiger partial charge in [-0.2, -0.15) is 0 Å². The maximum absolute atomic E-state index is 4.26. The van der Waals surface area contributed by atoms with Crippen LogP contribution >= 0.6 is 11.8 Å². The van der Waals surface area contributed by atoms with Crippen LogP contribution in [0, 0.1) is 6.92 Å². The fraction of sp³-hybridized carbons (Fsp3) is 0.571. The minimum Gasteiger partial charge on any atom is -0.314 e. The van der Waals surface area contributed by atoms with Crippen molar-refractivity contribution in [1.29, 1.82) is 0 Å². The molecular formula is C7H12N4S. The summed E-state index contributed by atoms with van der Waals surface area (Å²) >= 11 is 1.50. The van der Waals surface area contributed by atoms with Crippen LogP contribution in [-0.2, 0) is 6.54 Å². The van der Waals surface area contributed by atoms with Gasteiger partial charge in [0.15, 0.2) is 0 Å². The quantitative estimate of drug-likeness (QED) is 0.698. The van der Waals surface area contributed by atoms with Crippen LogP contribution < -0.4 is 5.32 Å². The van der Waals surface area contributed by atoms with E-state index in [1.165, 1.54) is 11.8 Å². The van der Waals surface area contributed by atoms with Crippen molar-refractivity contribution < 1.29 is 0 Å². The molecule has 1 heterocycles. The summed E-state index contributed by atoms with van der Waals surface area (Å²) in [6, 6.07) is 0. The highest BCUT2D eigenvalue weighted by Crippen LogP contribution is 2.08. The molecular weight excluding hydrogens is 172 g/mol. The molecule has 0 amide bonds. The highest BCUT2D eigenvalue weighted by molar-refractivity contribution is 7.98. The van der Waals surface area contributed by atoms with Crippen molar-refractivity contribution >= 4 is 11.8 Å². The third-order valence-electron chi connectivity index (χ3n) is 1.46. The predicted octanol–water partition coefficient (Wildman–Crippen LogP) is 0.621. The Kier molecular flexibility index (Phi) is 3.43. The van der Waals surface area contributed by atoms with Crippen LogP contribution in [0.2, 0.25) is 0 Å². The molecule has 0 aliphatic heterocycles. The first kappa shape index (κ1) is 9.41. The fourth-order valence-corrected chi connectivity index (χ4v) is 1.17. The molecule has 0 bridgehead atoms. The van der Waals surface area contributed by atoms with E-state index < -0.39 is 0 Å². The third-order valence-corrected chi connectivity index (χ3v) is 2.00. The lowest BCUT2D eigenvalue weighted by Crippen LogP contribution is -2.11. The van der Waals surface area contributed by atoms with E-state index in [1.54, 1.807) is 0 Å². The third kappa shape index (κ3) is 2.15. The standard InChI is InChI=1S/C7H12N4S/c1-5-6(4-8-2)10-11-7(9-5)12-3/h8H,4H2,1-3H3. The normalized spacial score (nSPS) is 10.2. The molecule has 5 heteroatoms. The summed E-state index contributed by atoms with van der Waals surface area (Å²) in [6.45, 7) is 2.67. The summed E-state index contributed by atoms with van der Waals surface area (Å²) in [4.78, 5) is 4.26. The molecule has 0 atom stereocenters. The Hall–Kier alpha value is -0.680. The second kappa shape index (κ2) is 4.37. The van der Waals surface area contributed by atoms with Crippen molar-refractivity contribution in [2.24, 2.45) is 0 Å². The van der Waals surface area contributed by atoms with Gasteiger partial charge in [-0.15, -0.1) is 10.2 Å². The second-order valence-corrected chi connectivity index (χ2v) is 3.13. The molecule has 0 aliphatic carbocycles. The van der Waals surface area contributed by atoms with E-state index in [1.807, 2.05) is 20.2 Å². The van der Waals surface area contributed by atoms with E-state index in [4.69, 9.17) is 0 Å². The number of aryl methyl sites for hydroxylation is 1. The van der Waals surface area contributed by atoms with Gasteiger partial charge in [0.2, 0.25) is 5.16 Å². The number of aromatic nitrogens is 3. The van der Waals surface area contributed by atoms with Crippen molar-refractivity contribution in [3.8, 4) is 0 Å². The summed E-state index contributed by atoms with van der Waals surface area (Å²) in [5.74, 6) is 0. The van der Waals surface area contributed by atoms with Gasteiger partial charge in [0, 0.05) is 6.54 Å². The van der Waals surface area contributed by atoms with Gasteiger partial charge in [-0.05, 0) is 20.2 Å². The van der Waals surface area contributed by atoms with E-state index in [9.17, 15) is 0 Å². The molecule has 0 aromatic carbocycles. The molecule has 0 spiro atoms. The van der Waals surface area contributed by atoms with E-state index in [0.29, 0.717) is 0 Å². The first-order valence-corrected chi connectivity index (χ1v) is 4.89. The number of nitrogens with zero attached hydrogens (tertiary/aromatic N) is 3. The summed E-state index contributed by atoms with van der Waals surface area (Å²) in [6.07, 6.45) is 1.94. The molecule has 0 fully saturated rings. The molecule has 0 aliphatic rings. The molecule has 1 rings (SSSR count). The Morgan fingerprint density at radius 1 is 1.42 bits per heavy atom. The molecule has 1 aromatic heterocycles. The average Bonchev–Trinajstić information content (AvgIpc) is 2.09. The van der Waals surface area contributed by atoms with Crippen LogP contribution in [0.4, 0.5) is 0 Å². The van der Waals surface area contributed by atoms with Crippen LogP contribution in [0.1, 0.15) is 11.4 Å². The summed E-state index contributed by atoms with van der Waals surface area (Å²) < 4.78 is 0. The van der Waals surface area contributed by atoms with Crippen LogP contribution in [0.5, 0.6) is 0 Å². The molecule has 1 aromatic rings. The maximum atomic E-state index is 4.26. The number of hydrogen-bond acceptors (Lipinski definition) is 5. The largest absolute Gasteiger partial charge is 0.314 e. The Bertz CT molecular complexity index is 264. The smallest absolute Gasteiger partial charge is 0.209 e. The Morgan fingerprint density at radius 2 is 2.17 bits per heavy atom. The van der Waals surface area contributed by atoms with E-state index in [2.05, 4.69) is 20.5 Å². The second-order valence-electron chi connectivity index (χ2n) is 2.36. The molecule has 0 unspecified atom stereocenters. The molecule has 66 valence electrons. The SMILES string of the molecule is CNCc1nnc(SC)nc1C. The Balaban J connectivity index is 2.87. The molecule has 1 N–H and O–H groups in total. The van der Waals surface area contributed by atoms with E-state index >= 15 is 0 Å². The van der Waals surface area contributed by atoms with Crippen LogP contribution in [-0.4, -0.2) is 28.5 Å². The zero-order valence-electron chi connectivity index (χ0n) is 7.46. The van der Waals surface area contributed by atoms with Crippen molar-refractivity contribution in [1.82, 2.24) is 20.5 Å². The van der Waals surface area contributed by atoms with Crippen LogP contribution in [0.15, 0.2) is 5.16 Å². The zero-order valence-corrected chi connectivity index (χ0v) is 8.27. The minimum atomic E-state index is 0.723. The Morgan fingerprint density at radius 3 is 2.67 bits per heavy atom. The lowest BCUT2D eigenvalue weighted by Gasteiger charge is -2.02. The van der Waals surface area contributed by atoms with Gasteiger partial charge in [0.25, 0.3) is 0 Å². The molecule has 0 radical (unpaired) electrons. The van der Waals surface area contributed by atoms with Gasteiger partial charge in [-0.1, -0.05) is 11.8 Å². The Labute approximate surface area is 76.2 Å². The first-order chi connectivity index (χ1) is 5.77. The number of hydrogen-bond donors (Lipinski definition) is 1. The number of thioether (sulfide) groups is 1. The summed E-state index contributed by atoms with van der Waals surface area (Å²) in [5, 5.41) is 11.7. The van der Waals surface area contributed by atoms with Gasteiger partial charge >= 0.3 is 0 Å². The van der Waals surface area contributed by atoms with Crippen molar-refractivity contribution in [2.75, 3.05) is 13.3 Å². The summed E-state index contributed by atoms with van der Waals surface area (Å²) in [7, 11) is 1.88. The fourth-order valence-electron chi connectivity index (χ4n) is 0.823. The number of nitrogens with one attached hydrogen (secondary N) is 1. The summed E-state index contributed by atoms with van der Waals surface area (Å²) in [5.41, 5.74) is 1.86. The van der Waals surface area contributed by atoms with Gasteiger partial charge in [-0.25, -0.2) is 4.98 Å². The highest BCUT2D eigenvalue weighted by atomic mass is 32.2. The molecule has 4 nitrogen and oxygen atoms in total. The van der Waals surface area contributed by atoms with Gasteiger partial charge in [0.05, 0.1) is 11.4 Å². The highest BCUT2D eigenvalue weighted by Gasteiger charge is 2.02. The van der Waals surface area contributed by atoms with Crippen LogP contribution in [0.3, 0.4) is 0 Å². The van der Waals surface area contributed by atoms with Gasteiger partial charge in [-0.3, -0.25) is 0 Å². The van der Waals surface area contributed by atoms with Crippen molar-refractivity contribution in [2.45, 2.75) is 18.6 Å². The minimum absolute atomic E-state index is 0.723. The molecule has 0 saturated heterocycles. The molecule has 0 saturated carbocycles. The average molecular weight is 184 g/mol. The van der Waals surface area contributed by atoms with E-state index in [-0.39, 0.29) is 0 Å². The van der Waals surface area contributed by atoms with E-state index in [0.717, 1.165) is 23.1 Å². The van der Waals surface area contributed by atoms with Crippen LogP contribution in [0.25, 0.3) is 0 Å². The van der Waals surface area contributed by atoms with Gasteiger partial charge < -0.3 is 5.32 Å². The topological polar surface area (TPSA) is 50.7 Å². The van der Waals surface area contributed by atoms with Gasteiger partial charge in [0.1, 0.15) is 0 Å². The lowest BCUT2D eigenvalue weighted by atomic mass is 10.3. The predicted molar refractivity (Wildman–Crippen MR) is 49.1 cm³/mol. The lowest BCUT2D eigenvalue weighted by molar-refractivity contribution is 0.706. The zero-order chi connectivity index (χ0) is 8.97. The molecule has 12 heavy (non-hydrogen) atoms. The van der Waals surface area contributed by atoms with Crippen molar-refractivity contribution in [3.05, 3.63) is 11.4 Å².